The molecule has 4 heteroatoms. The summed E-state index contributed by atoms with van der Waals surface area (Å²) in [6.45, 7) is 1.45. The number of hydrogen-bond acceptors (Lipinski definition) is 4. The van der Waals surface area contributed by atoms with Crippen molar-refractivity contribution >= 4 is 5.97 Å². The second-order valence-electron chi connectivity index (χ2n) is 8.74. The molecule has 0 saturated heterocycles. The van der Waals surface area contributed by atoms with Crippen LogP contribution in [0.1, 0.15) is 81.7 Å². The zero-order chi connectivity index (χ0) is 25.2. The largest absolute Gasteiger partial charge is 0.458 e. The number of carbonyl (C=O) groups excluding carboxylic acids is 1. The Balaban J connectivity index is 2.43. The van der Waals surface area contributed by atoms with Gasteiger partial charge in [0.05, 0.1) is 5.60 Å². The first kappa shape index (κ1) is 15.0. The van der Waals surface area contributed by atoms with Crippen LogP contribution in [-0.2, 0) is 19.0 Å². The maximum atomic E-state index is 11.9. The molecule has 0 unspecified atom stereocenters. The summed E-state index contributed by atoms with van der Waals surface area (Å²) in [4.78, 5) is 11.9. The van der Waals surface area contributed by atoms with Crippen LogP contribution < -0.4 is 0 Å². The number of esters is 1. The van der Waals surface area contributed by atoms with Gasteiger partial charge >= 0.3 is 5.97 Å². The average Bonchev–Trinajstić information content (AvgIpc) is 3.02. The van der Waals surface area contributed by atoms with Crippen molar-refractivity contribution in [2.45, 2.75) is 85.2 Å². The van der Waals surface area contributed by atoms with Crippen LogP contribution in [0.25, 0.3) is 0 Å². The molecule has 2 saturated carbocycles. The van der Waals surface area contributed by atoms with Crippen LogP contribution in [0.2, 0.25) is 0 Å². The molecule has 2 rings (SSSR count). The summed E-state index contributed by atoms with van der Waals surface area (Å²) in [5.41, 5.74) is -2.48. The monoisotopic (exact) mass is 386 g/mol. The second-order valence-corrected chi connectivity index (χ2v) is 8.74. The number of rotatable bonds is 8. The van der Waals surface area contributed by atoms with Gasteiger partial charge in [0.1, 0.15) is 12.9 Å². The zero-order valence-corrected chi connectivity index (χ0v) is 17.4. The Morgan fingerprint density at radius 2 is 2.11 bits per heavy atom. The van der Waals surface area contributed by atoms with Gasteiger partial charge < -0.3 is 14.2 Å². The lowest BCUT2D eigenvalue weighted by Gasteiger charge is -2.46. The van der Waals surface area contributed by atoms with Crippen LogP contribution in [0, 0.1) is 29.1 Å². The minimum atomic E-state index is -3.00. The predicted molar refractivity (Wildman–Crippen MR) is 108 cm³/mol. The quantitative estimate of drug-likeness (QED) is 0.320. The molecule has 0 aromatic carbocycles. The van der Waals surface area contributed by atoms with Crippen molar-refractivity contribution in [2.24, 2.45) is 29.1 Å². The van der Waals surface area contributed by atoms with E-state index >= 15 is 0 Å². The maximum absolute atomic E-state index is 11.9. The predicted octanol–water partition coefficient (Wildman–Crippen LogP) is 5.36. The third-order valence-corrected chi connectivity index (χ3v) is 6.92. The van der Waals surface area contributed by atoms with E-state index in [2.05, 4.69) is 13.8 Å². The normalized spacial score (nSPS) is 37.9. The molecule has 0 N–H and O–H groups in total. The third kappa shape index (κ3) is 5.35. The molecular formula is C23H40O4. The van der Waals surface area contributed by atoms with Crippen LogP contribution in [0.15, 0.2) is 12.2 Å². The van der Waals surface area contributed by atoms with Gasteiger partial charge in [-0.1, -0.05) is 39.7 Å². The van der Waals surface area contributed by atoms with E-state index < -0.39 is 38.2 Å². The van der Waals surface area contributed by atoms with Crippen LogP contribution in [0.3, 0.4) is 0 Å². The Bertz CT molecular complexity index is 690. The van der Waals surface area contributed by atoms with Gasteiger partial charge in [-0.15, -0.1) is 0 Å². The Kier molecular flexibility index (Phi) is 5.06. The fraction of sp³-hybridized carbons (Fsp3) is 0.870. The fourth-order valence-corrected chi connectivity index (χ4v) is 5.64. The summed E-state index contributed by atoms with van der Waals surface area (Å²) in [6, 6.07) is 0. The van der Waals surface area contributed by atoms with E-state index in [0.717, 1.165) is 31.8 Å². The van der Waals surface area contributed by atoms with E-state index in [1.54, 1.807) is 0 Å². The van der Waals surface area contributed by atoms with E-state index in [1.807, 2.05) is 6.92 Å². The molecule has 4 nitrogen and oxygen atoms in total. The van der Waals surface area contributed by atoms with Crippen molar-refractivity contribution in [3.8, 4) is 0 Å². The zero-order valence-electron chi connectivity index (χ0n) is 23.4. The lowest BCUT2D eigenvalue weighted by atomic mass is 9.59. The van der Waals surface area contributed by atoms with E-state index in [9.17, 15) is 4.79 Å². The summed E-state index contributed by atoms with van der Waals surface area (Å²) in [7, 11) is 1.29. The number of fused-ring (bicyclic) bond motifs is 1. The van der Waals surface area contributed by atoms with Crippen molar-refractivity contribution in [1.29, 1.82) is 0 Å². The minimum Gasteiger partial charge on any atom is -0.458 e. The second kappa shape index (κ2) is 9.09. The van der Waals surface area contributed by atoms with Crippen LogP contribution >= 0.6 is 0 Å². The van der Waals surface area contributed by atoms with Crippen molar-refractivity contribution in [3.05, 3.63) is 12.2 Å². The lowest BCUT2D eigenvalue weighted by molar-refractivity contribution is -0.148. The van der Waals surface area contributed by atoms with Crippen LogP contribution in [-0.4, -0.2) is 31.6 Å². The first-order chi connectivity index (χ1) is 15.1. The highest BCUT2D eigenvalue weighted by Crippen LogP contribution is 2.59. The first-order valence-electron chi connectivity index (χ1n) is 13.1. The van der Waals surface area contributed by atoms with Gasteiger partial charge in [-0.05, 0) is 62.2 Å². The van der Waals surface area contributed by atoms with Crippen molar-refractivity contribution in [2.75, 3.05) is 13.9 Å². The highest BCUT2D eigenvalue weighted by molar-refractivity contribution is 5.66. The number of carbonyl (C=O) groups is 1. The van der Waals surface area contributed by atoms with Gasteiger partial charge in [-0.25, -0.2) is 0 Å². The molecule has 6 atom stereocenters. The number of hydrogen-bond donors (Lipinski definition) is 0. The topological polar surface area (TPSA) is 44.8 Å². The van der Waals surface area contributed by atoms with E-state index in [0.29, 0.717) is 11.8 Å². The van der Waals surface area contributed by atoms with Gasteiger partial charge in [0.25, 0.3) is 0 Å². The summed E-state index contributed by atoms with van der Waals surface area (Å²) in [5.74, 6) is 0.909. The van der Waals surface area contributed by atoms with Crippen molar-refractivity contribution in [3.63, 3.8) is 0 Å². The Morgan fingerprint density at radius 3 is 2.74 bits per heavy atom. The molecule has 0 aromatic rings. The van der Waals surface area contributed by atoms with Gasteiger partial charge in [-0.3, -0.25) is 4.79 Å². The average molecular weight is 387 g/mol. The molecule has 2 aliphatic carbocycles. The molecule has 0 spiro atoms. The standard InChI is InChI=1S/C23H40O4/c1-16-9-8-13-23(6)19(16)10-11-20(23)17(2)21(27-18(3)24)12-14-22(4,5)26-15-25-7/h12,14,16-17,19-21H,8-11,13,15H2,1-7H3/b14-12+/t16-,17-,19-,20+,21-,23-/m0/s1/i4D3,5D3. The molecule has 0 bridgehead atoms. The fourth-order valence-electron chi connectivity index (χ4n) is 5.64. The third-order valence-electron chi connectivity index (χ3n) is 6.92. The highest BCUT2D eigenvalue weighted by Gasteiger charge is 2.52. The first-order valence-corrected chi connectivity index (χ1v) is 10.1. The minimum absolute atomic E-state index is 0.112. The van der Waals surface area contributed by atoms with Gasteiger partial charge in [0.2, 0.25) is 0 Å². The maximum Gasteiger partial charge on any atom is 0.303 e. The van der Waals surface area contributed by atoms with Crippen LogP contribution in [0.4, 0.5) is 0 Å². The molecule has 2 aliphatic rings. The summed E-state index contributed by atoms with van der Waals surface area (Å²) in [5, 5.41) is 0. The Hall–Kier alpha value is -0.870. The number of methoxy groups -OCH3 is 1. The van der Waals surface area contributed by atoms with E-state index in [4.69, 9.17) is 22.4 Å². The molecule has 156 valence electrons. The molecular weight excluding hydrogens is 340 g/mol. The van der Waals surface area contributed by atoms with Gasteiger partial charge in [-0.2, -0.15) is 0 Å². The van der Waals surface area contributed by atoms with Crippen molar-refractivity contribution < 1.29 is 27.2 Å². The molecule has 0 aliphatic heterocycles. The smallest absolute Gasteiger partial charge is 0.303 e. The summed E-state index contributed by atoms with van der Waals surface area (Å²) < 4.78 is 63.4. The Morgan fingerprint density at radius 1 is 1.37 bits per heavy atom. The summed E-state index contributed by atoms with van der Waals surface area (Å²) in [6.07, 6.45) is 7.31. The molecule has 27 heavy (non-hydrogen) atoms. The van der Waals surface area contributed by atoms with Gasteiger partial charge in [0.15, 0.2) is 0 Å². The molecule has 0 heterocycles. The van der Waals surface area contributed by atoms with Crippen LogP contribution in [0.5, 0.6) is 0 Å². The molecule has 0 aromatic heterocycles. The van der Waals surface area contributed by atoms with Crippen molar-refractivity contribution in [1.82, 2.24) is 0 Å². The Labute approximate surface area is 174 Å². The number of ether oxygens (including phenoxy) is 3. The molecule has 2 fully saturated rings. The van der Waals surface area contributed by atoms with Gasteiger partial charge in [0, 0.05) is 28.2 Å². The van der Waals surface area contributed by atoms with E-state index in [1.165, 1.54) is 26.5 Å². The van der Waals surface area contributed by atoms with E-state index in [-0.39, 0.29) is 17.3 Å². The summed E-state index contributed by atoms with van der Waals surface area (Å²) >= 11 is 0. The molecule has 0 radical (unpaired) electrons. The lowest BCUT2D eigenvalue weighted by Crippen LogP contribution is -2.41. The SMILES string of the molecule is [2H]C([2H])([2H])C(/C=C/[C@H](OC(C)=O)[C@@H](C)[C@H]1CC[C@H]2[C@@H](C)CCC[C@]12C)(OCOC)C([2H])([2H])[2H]. The molecule has 0 amide bonds. The highest BCUT2D eigenvalue weighted by atomic mass is 16.7.